The van der Waals surface area contributed by atoms with Crippen molar-refractivity contribution < 1.29 is 9.47 Å². The molecule has 0 saturated carbocycles. The van der Waals surface area contributed by atoms with Crippen molar-refractivity contribution in [2.75, 3.05) is 20.8 Å². The molecule has 1 N–H and O–H groups in total. The van der Waals surface area contributed by atoms with Gasteiger partial charge in [-0.3, -0.25) is 0 Å². The standard InChI is InChI=1S/C15H20N2O2S/c1-11-17-10-13(20-11)9-16-7-6-12-4-5-14(18-2)15(8-12)19-3/h4-5,8,10,16H,6-7,9H2,1-3H3. The fourth-order valence-electron chi connectivity index (χ4n) is 1.97. The number of rotatable bonds is 7. The molecule has 108 valence electrons. The maximum absolute atomic E-state index is 5.30. The van der Waals surface area contributed by atoms with E-state index in [1.807, 2.05) is 25.3 Å². The van der Waals surface area contributed by atoms with Crippen LogP contribution in [0.15, 0.2) is 24.4 Å². The maximum atomic E-state index is 5.30. The van der Waals surface area contributed by atoms with Crippen LogP contribution in [0.5, 0.6) is 11.5 Å². The van der Waals surface area contributed by atoms with E-state index in [1.165, 1.54) is 10.4 Å². The van der Waals surface area contributed by atoms with Gasteiger partial charge in [-0.15, -0.1) is 11.3 Å². The second kappa shape index (κ2) is 7.26. The van der Waals surface area contributed by atoms with E-state index in [4.69, 9.17) is 9.47 Å². The largest absolute Gasteiger partial charge is 0.493 e. The summed E-state index contributed by atoms with van der Waals surface area (Å²) < 4.78 is 10.5. The van der Waals surface area contributed by atoms with Crippen LogP contribution in [-0.4, -0.2) is 25.7 Å². The number of hydrogen-bond acceptors (Lipinski definition) is 5. The maximum Gasteiger partial charge on any atom is 0.160 e. The van der Waals surface area contributed by atoms with Gasteiger partial charge in [0.25, 0.3) is 0 Å². The van der Waals surface area contributed by atoms with Crippen molar-refractivity contribution in [3.63, 3.8) is 0 Å². The Morgan fingerprint density at radius 2 is 2.00 bits per heavy atom. The molecule has 1 heterocycles. The van der Waals surface area contributed by atoms with E-state index in [1.54, 1.807) is 25.6 Å². The van der Waals surface area contributed by atoms with E-state index < -0.39 is 0 Å². The van der Waals surface area contributed by atoms with Crippen LogP contribution < -0.4 is 14.8 Å². The number of nitrogens with one attached hydrogen (secondary N) is 1. The van der Waals surface area contributed by atoms with E-state index in [2.05, 4.69) is 16.4 Å². The summed E-state index contributed by atoms with van der Waals surface area (Å²) in [5, 5.41) is 4.54. The van der Waals surface area contributed by atoms with Crippen LogP contribution in [0.1, 0.15) is 15.4 Å². The third-order valence-corrected chi connectivity index (χ3v) is 3.92. The lowest BCUT2D eigenvalue weighted by molar-refractivity contribution is 0.354. The predicted octanol–water partition coefficient (Wildman–Crippen LogP) is 2.80. The zero-order chi connectivity index (χ0) is 14.4. The Kier molecular flexibility index (Phi) is 5.38. The third kappa shape index (κ3) is 3.95. The number of methoxy groups -OCH3 is 2. The SMILES string of the molecule is COc1ccc(CCNCc2cnc(C)s2)cc1OC. The van der Waals surface area contributed by atoms with Gasteiger partial charge in [0.1, 0.15) is 0 Å². The highest BCUT2D eigenvalue weighted by Crippen LogP contribution is 2.27. The van der Waals surface area contributed by atoms with Crippen molar-refractivity contribution in [3.8, 4) is 11.5 Å². The Hall–Kier alpha value is -1.59. The molecule has 0 atom stereocenters. The summed E-state index contributed by atoms with van der Waals surface area (Å²) in [6.07, 6.45) is 2.89. The van der Waals surface area contributed by atoms with Gasteiger partial charge >= 0.3 is 0 Å². The van der Waals surface area contributed by atoms with E-state index in [0.29, 0.717) is 0 Å². The molecule has 0 unspecified atom stereocenters. The average molecular weight is 292 g/mol. The quantitative estimate of drug-likeness (QED) is 0.797. The minimum Gasteiger partial charge on any atom is -0.493 e. The molecule has 1 aromatic carbocycles. The van der Waals surface area contributed by atoms with Gasteiger partial charge in [0, 0.05) is 17.6 Å². The van der Waals surface area contributed by atoms with Gasteiger partial charge < -0.3 is 14.8 Å². The van der Waals surface area contributed by atoms with Crippen molar-refractivity contribution in [2.24, 2.45) is 0 Å². The van der Waals surface area contributed by atoms with Crippen molar-refractivity contribution in [3.05, 3.63) is 39.8 Å². The fraction of sp³-hybridized carbons (Fsp3) is 0.400. The van der Waals surface area contributed by atoms with E-state index >= 15 is 0 Å². The van der Waals surface area contributed by atoms with Crippen LogP contribution in [0, 0.1) is 6.92 Å². The van der Waals surface area contributed by atoms with Crippen molar-refractivity contribution in [1.29, 1.82) is 0 Å². The van der Waals surface area contributed by atoms with Gasteiger partial charge in [0.05, 0.1) is 19.2 Å². The van der Waals surface area contributed by atoms with E-state index in [-0.39, 0.29) is 0 Å². The van der Waals surface area contributed by atoms with Crippen LogP contribution in [0.4, 0.5) is 0 Å². The van der Waals surface area contributed by atoms with E-state index in [0.717, 1.165) is 36.0 Å². The molecule has 2 rings (SSSR count). The molecular weight excluding hydrogens is 272 g/mol. The summed E-state index contributed by atoms with van der Waals surface area (Å²) >= 11 is 1.73. The van der Waals surface area contributed by atoms with Crippen LogP contribution in [0.25, 0.3) is 0 Å². The lowest BCUT2D eigenvalue weighted by atomic mass is 10.1. The Morgan fingerprint density at radius 3 is 2.65 bits per heavy atom. The summed E-state index contributed by atoms with van der Waals surface area (Å²) in [4.78, 5) is 5.52. The zero-order valence-electron chi connectivity index (χ0n) is 12.1. The highest BCUT2D eigenvalue weighted by molar-refractivity contribution is 7.11. The fourth-order valence-corrected chi connectivity index (χ4v) is 2.73. The van der Waals surface area contributed by atoms with Crippen LogP contribution in [0.3, 0.4) is 0 Å². The summed E-state index contributed by atoms with van der Waals surface area (Å²) in [6, 6.07) is 6.04. The smallest absolute Gasteiger partial charge is 0.160 e. The topological polar surface area (TPSA) is 43.4 Å². The van der Waals surface area contributed by atoms with Crippen molar-refractivity contribution in [1.82, 2.24) is 10.3 Å². The van der Waals surface area contributed by atoms with Gasteiger partial charge in [-0.1, -0.05) is 6.07 Å². The molecular formula is C15H20N2O2S. The number of hydrogen-bond donors (Lipinski definition) is 1. The summed E-state index contributed by atoms with van der Waals surface area (Å²) in [5.41, 5.74) is 1.23. The number of nitrogens with zero attached hydrogens (tertiary/aromatic N) is 1. The highest BCUT2D eigenvalue weighted by atomic mass is 32.1. The summed E-state index contributed by atoms with van der Waals surface area (Å²) in [7, 11) is 3.31. The van der Waals surface area contributed by atoms with Gasteiger partial charge in [-0.25, -0.2) is 4.98 Å². The zero-order valence-corrected chi connectivity index (χ0v) is 12.9. The highest BCUT2D eigenvalue weighted by Gasteiger charge is 2.04. The monoisotopic (exact) mass is 292 g/mol. The first-order valence-electron chi connectivity index (χ1n) is 6.56. The third-order valence-electron chi connectivity index (χ3n) is 3.01. The van der Waals surface area contributed by atoms with Crippen LogP contribution in [-0.2, 0) is 13.0 Å². The minimum atomic E-state index is 0.768. The lowest BCUT2D eigenvalue weighted by Gasteiger charge is -2.09. The molecule has 4 nitrogen and oxygen atoms in total. The molecule has 0 aliphatic heterocycles. The predicted molar refractivity (Wildman–Crippen MR) is 81.8 cm³/mol. The van der Waals surface area contributed by atoms with Gasteiger partial charge in [0.15, 0.2) is 11.5 Å². The Labute approximate surface area is 123 Å². The molecule has 0 bridgehead atoms. The molecule has 1 aromatic heterocycles. The molecule has 0 amide bonds. The second-order valence-electron chi connectivity index (χ2n) is 4.46. The number of benzene rings is 1. The Bertz CT molecular complexity index is 555. The Morgan fingerprint density at radius 1 is 1.20 bits per heavy atom. The molecule has 0 saturated heterocycles. The first-order valence-corrected chi connectivity index (χ1v) is 7.37. The van der Waals surface area contributed by atoms with Crippen LogP contribution in [0.2, 0.25) is 0 Å². The Balaban J connectivity index is 1.82. The number of ether oxygens (including phenoxy) is 2. The van der Waals surface area contributed by atoms with Crippen LogP contribution >= 0.6 is 11.3 Å². The molecule has 2 aromatic rings. The van der Waals surface area contributed by atoms with Gasteiger partial charge in [-0.05, 0) is 37.6 Å². The summed E-state index contributed by atoms with van der Waals surface area (Å²) in [5.74, 6) is 1.55. The van der Waals surface area contributed by atoms with Gasteiger partial charge in [-0.2, -0.15) is 0 Å². The molecule has 20 heavy (non-hydrogen) atoms. The molecule has 0 fully saturated rings. The van der Waals surface area contributed by atoms with Gasteiger partial charge in [0.2, 0.25) is 0 Å². The number of aromatic nitrogens is 1. The lowest BCUT2D eigenvalue weighted by Crippen LogP contribution is -2.16. The molecule has 0 aliphatic rings. The number of aryl methyl sites for hydroxylation is 1. The molecule has 0 spiro atoms. The van der Waals surface area contributed by atoms with Crippen molar-refractivity contribution in [2.45, 2.75) is 19.9 Å². The average Bonchev–Trinajstić information content (AvgIpc) is 2.89. The van der Waals surface area contributed by atoms with E-state index in [9.17, 15) is 0 Å². The second-order valence-corrected chi connectivity index (χ2v) is 5.78. The molecule has 0 aliphatic carbocycles. The molecule has 5 heteroatoms. The van der Waals surface area contributed by atoms with Crippen molar-refractivity contribution >= 4 is 11.3 Å². The first kappa shape index (κ1) is 14.8. The minimum absolute atomic E-state index is 0.768. The normalized spacial score (nSPS) is 10.6. The first-order chi connectivity index (χ1) is 9.72. The summed E-state index contributed by atoms with van der Waals surface area (Å²) in [6.45, 7) is 3.82. The molecule has 0 radical (unpaired) electrons. The number of thiazole rings is 1.